The first-order chi connectivity index (χ1) is 15.1. The summed E-state index contributed by atoms with van der Waals surface area (Å²) in [6.07, 6.45) is 0. The third kappa shape index (κ3) is 4.97. The molecular formula is C23H22N4O3S. The van der Waals surface area contributed by atoms with Crippen molar-refractivity contribution < 1.29 is 14.3 Å². The van der Waals surface area contributed by atoms with E-state index in [1.165, 1.54) is 17.1 Å². The van der Waals surface area contributed by atoms with Crippen LogP contribution in [0.1, 0.15) is 5.82 Å². The lowest BCUT2D eigenvalue weighted by Crippen LogP contribution is -2.15. The number of rotatable bonds is 8. The van der Waals surface area contributed by atoms with Crippen LogP contribution in [0.25, 0.3) is 10.8 Å². The van der Waals surface area contributed by atoms with Gasteiger partial charge < -0.3 is 19.4 Å². The molecule has 4 rings (SSSR count). The molecule has 158 valence electrons. The molecule has 4 aromatic rings. The maximum Gasteiger partial charge on any atom is 0.234 e. The molecular weight excluding hydrogens is 412 g/mol. The second kappa shape index (κ2) is 9.53. The third-order valence-electron chi connectivity index (χ3n) is 4.73. The Bertz CT molecular complexity index is 1210. The van der Waals surface area contributed by atoms with Crippen LogP contribution in [-0.4, -0.2) is 33.5 Å². The normalized spacial score (nSPS) is 10.8. The third-order valence-corrected chi connectivity index (χ3v) is 5.75. The Balaban J connectivity index is 1.33. The Morgan fingerprint density at radius 2 is 1.81 bits per heavy atom. The number of hydrogen-bond acceptors (Lipinski definition) is 6. The predicted molar refractivity (Wildman–Crippen MR) is 122 cm³/mol. The van der Waals surface area contributed by atoms with E-state index >= 15 is 0 Å². The van der Waals surface area contributed by atoms with Crippen molar-refractivity contribution in [2.75, 3.05) is 18.2 Å². The summed E-state index contributed by atoms with van der Waals surface area (Å²) in [5.74, 6) is 2.13. The molecule has 0 spiro atoms. The molecule has 1 amide bonds. The quantitative estimate of drug-likeness (QED) is 0.417. The van der Waals surface area contributed by atoms with Crippen LogP contribution in [0.4, 0.5) is 5.69 Å². The standard InChI is InChI=1S/C23H22N4O3S/c1-27-21(14-30-18-12-11-16-7-3-4-8-17(16)13-18)25-26-23(27)31-15-22(28)24-19-9-5-6-10-20(19)29-2/h3-13H,14-15H2,1-2H3,(H,24,28). The van der Waals surface area contributed by atoms with Crippen LogP contribution in [0.2, 0.25) is 0 Å². The van der Waals surface area contributed by atoms with E-state index in [9.17, 15) is 4.79 Å². The number of anilines is 1. The second-order valence-electron chi connectivity index (χ2n) is 6.79. The molecule has 0 unspecified atom stereocenters. The van der Waals surface area contributed by atoms with E-state index in [1.807, 2.05) is 54.1 Å². The van der Waals surface area contributed by atoms with Gasteiger partial charge in [0.1, 0.15) is 18.1 Å². The van der Waals surface area contributed by atoms with E-state index in [-0.39, 0.29) is 18.3 Å². The molecule has 0 atom stereocenters. The van der Waals surface area contributed by atoms with Gasteiger partial charge in [-0.25, -0.2) is 0 Å². The number of aromatic nitrogens is 3. The van der Waals surface area contributed by atoms with E-state index in [4.69, 9.17) is 9.47 Å². The first-order valence-corrected chi connectivity index (χ1v) is 10.7. The molecule has 31 heavy (non-hydrogen) atoms. The number of thioether (sulfide) groups is 1. The average molecular weight is 435 g/mol. The monoisotopic (exact) mass is 434 g/mol. The summed E-state index contributed by atoms with van der Waals surface area (Å²) in [5, 5.41) is 14.2. The number of ether oxygens (including phenoxy) is 2. The SMILES string of the molecule is COc1ccccc1NC(=O)CSc1nnc(COc2ccc3ccccc3c2)n1C. The molecule has 0 aliphatic carbocycles. The largest absolute Gasteiger partial charge is 0.495 e. The number of fused-ring (bicyclic) bond motifs is 1. The zero-order valence-corrected chi connectivity index (χ0v) is 18.1. The number of carbonyl (C=O) groups is 1. The highest BCUT2D eigenvalue weighted by Crippen LogP contribution is 2.24. The van der Waals surface area contributed by atoms with E-state index in [1.54, 1.807) is 19.2 Å². The van der Waals surface area contributed by atoms with Crippen molar-refractivity contribution in [3.05, 3.63) is 72.6 Å². The molecule has 0 fully saturated rings. The second-order valence-corrected chi connectivity index (χ2v) is 7.74. The molecule has 0 aliphatic rings. The van der Waals surface area contributed by atoms with Crippen molar-refractivity contribution in [2.24, 2.45) is 7.05 Å². The first kappa shape index (κ1) is 20.7. The lowest BCUT2D eigenvalue weighted by Gasteiger charge is -2.09. The molecule has 1 aromatic heterocycles. The van der Waals surface area contributed by atoms with Crippen molar-refractivity contribution in [1.29, 1.82) is 0 Å². The lowest BCUT2D eigenvalue weighted by atomic mass is 10.1. The van der Waals surface area contributed by atoms with E-state index in [2.05, 4.69) is 27.6 Å². The summed E-state index contributed by atoms with van der Waals surface area (Å²) in [7, 11) is 3.43. The van der Waals surface area contributed by atoms with Gasteiger partial charge >= 0.3 is 0 Å². The van der Waals surface area contributed by atoms with Gasteiger partial charge in [0, 0.05) is 7.05 Å². The highest BCUT2D eigenvalue weighted by Gasteiger charge is 2.13. The zero-order valence-electron chi connectivity index (χ0n) is 17.2. The summed E-state index contributed by atoms with van der Waals surface area (Å²) < 4.78 is 13.0. The maximum absolute atomic E-state index is 12.3. The Morgan fingerprint density at radius 1 is 1.03 bits per heavy atom. The van der Waals surface area contributed by atoms with Gasteiger partial charge in [0.25, 0.3) is 0 Å². The first-order valence-electron chi connectivity index (χ1n) is 9.69. The fourth-order valence-electron chi connectivity index (χ4n) is 3.07. The number of para-hydroxylation sites is 2. The lowest BCUT2D eigenvalue weighted by molar-refractivity contribution is -0.113. The van der Waals surface area contributed by atoms with Gasteiger partial charge in [0.05, 0.1) is 18.6 Å². The van der Waals surface area contributed by atoms with Gasteiger partial charge in [-0.1, -0.05) is 54.2 Å². The number of amides is 1. The van der Waals surface area contributed by atoms with Gasteiger partial charge in [0.15, 0.2) is 11.0 Å². The molecule has 1 heterocycles. The van der Waals surface area contributed by atoms with Crippen molar-refractivity contribution in [1.82, 2.24) is 14.8 Å². The Kier molecular flexibility index (Phi) is 6.37. The Morgan fingerprint density at radius 3 is 2.65 bits per heavy atom. The van der Waals surface area contributed by atoms with Crippen LogP contribution >= 0.6 is 11.8 Å². The van der Waals surface area contributed by atoms with Gasteiger partial charge in [0.2, 0.25) is 5.91 Å². The molecule has 0 radical (unpaired) electrons. The molecule has 7 nitrogen and oxygen atoms in total. The zero-order chi connectivity index (χ0) is 21.6. The molecule has 1 N–H and O–H groups in total. The number of nitrogens with zero attached hydrogens (tertiary/aromatic N) is 3. The topological polar surface area (TPSA) is 78.3 Å². The van der Waals surface area contributed by atoms with Crippen molar-refractivity contribution in [3.8, 4) is 11.5 Å². The Labute approximate surface area is 184 Å². The molecule has 0 bridgehead atoms. The summed E-state index contributed by atoms with van der Waals surface area (Å²) in [6.45, 7) is 0.288. The van der Waals surface area contributed by atoms with E-state index in [0.29, 0.717) is 22.4 Å². The number of nitrogens with one attached hydrogen (secondary N) is 1. The summed E-state index contributed by atoms with van der Waals surface area (Å²) in [4.78, 5) is 12.3. The van der Waals surface area contributed by atoms with Crippen LogP contribution in [0, 0.1) is 0 Å². The number of methoxy groups -OCH3 is 1. The summed E-state index contributed by atoms with van der Waals surface area (Å²) in [5.41, 5.74) is 0.637. The molecule has 0 saturated heterocycles. The van der Waals surface area contributed by atoms with Crippen LogP contribution in [0.3, 0.4) is 0 Å². The molecule has 8 heteroatoms. The van der Waals surface area contributed by atoms with E-state index in [0.717, 1.165) is 11.1 Å². The minimum absolute atomic E-state index is 0.147. The van der Waals surface area contributed by atoms with E-state index < -0.39 is 0 Å². The van der Waals surface area contributed by atoms with Crippen molar-refractivity contribution >= 4 is 34.1 Å². The number of benzene rings is 3. The van der Waals surface area contributed by atoms with Crippen LogP contribution < -0.4 is 14.8 Å². The van der Waals surface area contributed by atoms with Crippen LogP contribution in [-0.2, 0) is 18.4 Å². The molecule has 0 aliphatic heterocycles. The minimum Gasteiger partial charge on any atom is -0.495 e. The minimum atomic E-state index is -0.147. The van der Waals surface area contributed by atoms with Crippen molar-refractivity contribution in [3.63, 3.8) is 0 Å². The van der Waals surface area contributed by atoms with Gasteiger partial charge in [-0.3, -0.25) is 4.79 Å². The maximum atomic E-state index is 12.3. The smallest absolute Gasteiger partial charge is 0.234 e. The van der Waals surface area contributed by atoms with Crippen molar-refractivity contribution in [2.45, 2.75) is 11.8 Å². The highest BCUT2D eigenvalue weighted by atomic mass is 32.2. The van der Waals surface area contributed by atoms with Gasteiger partial charge in [-0.2, -0.15) is 0 Å². The summed E-state index contributed by atoms with van der Waals surface area (Å²) >= 11 is 1.31. The van der Waals surface area contributed by atoms with Gasteiger partial charge in [-0.05, 0) is 35.0 Å². The average Bonchev–Trinajstić information content (AvgIpc) is 3.15. The molecule has 3 aromatic carbocycles. The van der Waals surface area contributed by atoms with Gasteiger partial charge in [-0.15, -0.1) is 10.2 Å². The predicted octanol–water partition coefficient (Wildman–Crippen LogP) is 4.29. The number of carbonyl (C=O) groups excluding carboxylic acids is 1. The Hall–Kier alpha value is -3.52. The summed E-state index contributed by atoms with van der Waals surface area (Å²) in [6, 6.07) is 21.4. The number of hydrogen-bond donors (Lipinski definition) is 1. The van der Waals surface area contributed by atoms with Crippen LogP contribution in [0.15, 0.2) is 71.9 Å². The fourth-order valence-corrected chi connectivity index (χ4v) is 3.80. The van der Waals surface area contributed by atoms with Crippen LogP contribution in [0.5, 0.6) is 11.5 Å². The highest BCUT2D eigenvalue weighted by molar-refractivity contribution is 7.99. The fraction of sp³-hybridized carbons (Fsp3) is 0.174. The molecule has 0 saturated carbocycles.